The van der Waals surface area contributed by atoms with Crippen LogP contribution in [0.15, 0.2) is 5.38 Å². The molecule has 1 unspecified atom stereocenters. The van der Waals surface area contributed by atoms with Crippen LogP contribution in [-0.4, -0.2) is 36.4 Å². The number of alkyl halides is 1. The predicted molar refractivity (Wildman–Crippen MR) is 75.2 cm³/mol. The molecule has 1 saturated heterocycles. The van der Waals surface area contributed by atoms with E-state index >= 15 is 0 Å². The lowest BCUT2D eigenvalue weighted by Gasteiger charge is -2.23. The third-order valence-electron chi connectivity index (χ3n) is 2.99. The third kappa shape index (κ3) is 3.90. The van der Waals surface area contributed by atoms with E-state index in [0.29, 0.717) is 17.3 Å². The van der Waals surface area contributed by atoms with Gasteiger partial charge in [-0.2, -0.15) is 0 Å². The fourth-order valence-electron chi connectivity index (χ4n) is 2.12. The molecular weight excluding hydrogens is 308 g/mol. The zero-order valence-electron chi connectivity index (χ0n) is 10.5. The highest BCUT2D eigenvalue weighted by Crippen LogP contribution is 2.23. The van der Waals surface area contributed by atoms with Gasteiger partial charge in [-0.05, 0) is 13.3 Å². The summed E-state index contributed by atoms with van der Waals surface area (Å²) in [4.78, 5) is 16.1. The molecule has 19 heavy (non-hydrogen) atoms. The number of carbonyl (C=O) groups excluding carboxylic acids is 1. The van der Waals surface area contributed by atoms with Crippen LogP contribution in [-0.2, 0) is 26.9 Å². The molecule has 8 heteroatoms. The Kier molecular flexibility index (Phi) is 4.17. The van der Waals surface area contributed by atoms with Crippen molar-refractivity contribution in [3.63, 3.8) is 0 Å². The second-order valence-electron chi connectivity index (χ2n) is 4.99. The monoisotopic (exact) mass is 322 g/mol. The van der Waals surface area contributed by atoms with Gasteiger partial charge in [-0.3, -0.25) is 4.79 Å². The number of hydrogen-bond acceptors (Lipinski definition) is 5. The number of thiazole rings is 1. The molecule has 2 rings (SSSR count). The molecule has 2 heterocycles. The van der Waals surface area contributed by atoms with Crippen LogP contribution < -0.4 is 5.32 Å². The zero-order chi connectivity index (χ0) is 14.1. The summed E-state index contributed by atoms with van der Waals surface area (Å²) in [6.45, 7) is 1.77. The Morgan fingerprint density at radius 2 is 2.37 bits per heavy atom. The van der Waals surface area contributed by atoms with E-state index in [1.165, 1.54) is 11.3 Å². The van der Waals surface area contributed by atoms with Crippen molar-refractivity contribution in [3.8, 4) is 0 Å². The van der Waals surface area contributed by atoms with Crippen LogP contribution in [0.25, 0.3) is 0 Å². The molecule has 1 fully saturated rings. The van der Waals surface area contributed by atoms with Crippen LogP contribution in [0.4, 0.5) is 0 Å². The summed E-state index contributed by atoms with van der Waals surface area (Å²) in [5.74, 6) is 0.275. The maximum atomic E-state index is 11.9. The predicted octanol–water partition coefficient (Wildman–Crippen LogP) is 1.12. The molecule has 5 nitrogen and oxygen atoms in total. The number of halogens is 1. The van der Waals surface area contributed by atoms with Gasteiger partial charge < -0.3 is 5.32 Å². The largest absolute Gasteiger partial charge is 0.350 e. The molecule has 1 N–H and O–H groups in total. The Bertz CT molecular complexity index is 585. The van der Waals surface area contributed by atoms with Gasteiger partial charge in [0.25, 0.3) is 0 Å². The van der Waals surface area contributed by atoms with Crippen molar-refractivity contribution < 1.29 is 13.2 Å². The summed E-state index contributed by atoms with van der Waals surface area (Å²) in [6, 6.07) is 0. The van der Waals surface area contributed by atoms with Gasteiger partial charge in [0.2, 0.25) is 5.91 Å². The first kappa shape index (κ1) is 14.7. The van der Waals surface area contributed by atoms with E-state index in [1.54, 1.807) is 6.92 Å². The maximum Gasteiger partial charge on any atom is 0.227 e. The van der Waals surface area contributed by atoms with Crippen molar-refractivity contribution in [2.24, 2.45) is 0 Å². The summed E-state index contributed by atoms with van der Waals surface area (Å²) >= 11 is 7.03. The summed E-state index contributed by atoms with van der Waals surface area (Å²) < 4.78 is 22.9. The molecule has 1 atom stereocenters. The van der Waals surface area contributed by atoms with Crippen molar-refractivity contribution in [3.05, 3.63) is 16.1 Å². The highest BCUT2D eigenvalue weighted by Gasteiger charge is 2.39. The fraction of sp³-hybridized carbons (Fsp3) is 0.636. The van der Waals surface area contributed by atoms with Crippen molar-refractivity contribution in [1.29, 1.82) is 0 Å². The number of nitrogens with zero attached hydrogens (tertiary/aromatic N) is 1. The Morgan fingerprint density at radius 3 is 2.89 bits per heavy atom. The molecule has 0 saturated carbocycles. The van der Waals surface area contributed by atoms with Gasteiger partial charge in [0, 0.05) is 5.38 Å². The van der Waals surface area contributed by atoms with Crippen molar-refractivity contribution in [2.75, 3.05) is 11.5 Å². The van der Waals surface area contributed by atoms with Gasteiger partial charge in [-0.1, -0.05) is 0 Å². The van der Waals surface area contributed by atoms with Crippen LogP contribution in [0, 0.1) is 0 Å². The topological polar surface area (TPSA) is 76.1 Å². The molecule has 1 aliphatic rings. The molecule has 0 radical (unpaired) electrons. The number of aromatic nitrogens is 1. The van der Waals surface area contributed by atoms with E-state index < -0.39 is 15.4 Å². The number of amides is 1. The Morgan fingerprint density at radius 1 is 1.63 bits per heavy atom. The van der Waals surface area contributed by atoms with Crippen LogP contribution >= 0.6 is 22.9 Å². The zero-order valence-corrected chi connectivity index (χ0v) is 12.9. The second-order valence-corrected chi connectivity index (χ2v) is 8.39. The molecule has 106 valence electrons. The number of sulfone groups is 1. The standard InChI is InChI=1S/C11H15ClN2O3S2/c1-11(2-3-19(16,17)7-11)14-9(15)4-10-13-8(5-12)6-18-10/h6H,2-5,7H2,1H3,(H,14,15). The van der Waals surface area contributed by atoms with Crippen LogP contribution in [0.3, 0.4) is 0 Å². The minimum atomic E-state index is -3.02. The number of rotatable bonds is 4. The molecule has 1 amide bonds. The molecule has 0 aliphatic carbocycles. The summed E-state index contributed by atoms with van der Waals surface area (Å²) in [6.07, 6.45) is 0.628. The molecule has 0 bridgehead atoms. The molecule has 1 aromatic heterocycles. The summed E-state index contributed by atoms with van der Waals surface area (Å²) in [7, 11) is -3.02. The number of nitrogens with one attached hydrogen (secondary N) is 1. The van der Waals surface area contributed by atoms with E-state index in [9.17, 15) is 13.2 Å². The molecule has 1 aromatic rings. The van der Waals surface area contributed by atoms with Gasteiger partial charge >= 0.3 is 0 Å². The fourth-order valence-corrected chi connectivity index (χ4v) is 5.23. The second kappa shape index (κ2) is 5.38. The number of carbonyl (C=O) groups is 1. The van der Waals surface area contributed by atoms with Gasteiger partial charge in [-0.15, -0.1) is 22.9 Å². The molecular formula is C11H15ClN2O3S2. The van der Waals surface area contributed by atoms with Gasteiger partial charge in [0.05, 0.1) is 35.0 Å². The Hall–Kier alpha value is -0.660. The van der Waals surface area contributed by atoms with E-state index in [4.69, 9.17) is 11.6 Å². The van der Waals surface area contributed by atoms with Gasteiger partial charge in [0.1, 0.15) is 5.01 Å². The maximum absolute atomic E-state index is 11.9. The van der Waals surface area contributed by atoms with Gasteiger partial charge in [0.15, 0.2) is 9.84 Å². The summed E-state index contributed by atoms with van der Waals surface area (Å²) in [5.41, 5.74) is 0.104. The van der Waals surface area contributed by atoms with Crippen LogP contribution in [0.2, 0.25) is 0 Å². The average Bonchev–Trinajstić information content (AvgIpc) is 2.83. The molecule has 1 aliphatic heterocycles. The van der Waals surface area contributed by atoms with E-state index in [2.05, 4.69) is 10.3 Å². The van der Waals surface area contributed by atoms with E-state index in [1.807, 2.05) is 5.38 Å². The Labute approximate surface area is 121 Å². The lowest BCUT2D eigenvalue weighted by Crippen LogP contribution is -2.47. The minimum Gasteiger partial charge on any atom is -0.350 e. The Balaban J connectivity index is 1.95. The van der Waals surface area contributed by atoms with Crippen LogP contribution in [0.5, 0.6) is 0 Å². The normalized spacial score (nSPS) is 25.4. The first-order valence-electron chi connectivity index (χ1n) is 5.83. The van der Waals surface area contributed by atoms with Crippen molar-refractivity contribution in [1.82, 2.24) is 10.3 Å². The highest BCUT2D eigenvalue weighted by atomic mass is 35.5. The quantitative estimate of drug-likeness (QED) is 0.843. The van der Waals surface area contributed by atoms with Gasteiger partial charge in [-0.25, -0.2) is 13.4 Å². The molecule has 0 spiro atoms. The highest BCUT2D eigenvalue weighted by molar-refractivity contribution is 7.91. The lowest BCUT2D eigenvalue weighted by molar-refractivity contribution is -0.121. The van der Waals surface area contributed by atoms with E-state index in [0.717, 1.165) is 5.69 Å². The smallest absolute Gasteiger partial charge is 0.227 e. The lowest BCUT2D eigenvalue weighted by atomic mass is 10.0. The minimum absolute atomic E-state index is 0.0105. The summed E-state index contributed by atoms with van der Waals surface area (Å²) in [5, 5.41) is 5.31. The van der Waals surface area contributed by atoms with E-state index in [-0.39, 0.29) is 23.8 Å². The average molecular weight is 323 g/mol. The third-order valence-corrected chi connectivity index (χ3v) is 6.07. The van der Waals surface area contributed by atoms with Crippen LogP contribution in [0.1, 0.15) is 24.0 Å². The first-order chi connectivity index (χ1) is 8.82. The van der Waals surface area contributed by atoms with Crippen molar-refractivity contribution in [2.45, 2.75) is 31.2 Å². The van der Waals surface area contributed by atoms with Crippen molar-refractivity contribution >= 4 is 38.7 Å². The molecule has 0 aromatic carbocycles. The first-order valence-corrected chi connectivity index (χ1v) is 9.06. The number of hydrogen-bond donors (Lipinski definition) is 1. The SMILES string of the molecule is CC1(NC(=O)Cc2nc(CCl)cs2)CCS(=O)(=O)C1.